The highest BCUT2D eigenvalue weighted by atomic mass is 16.5. The van der Waals surface area contributed by atoms with Gasteiger partial charge in [0.2, 0.25) is 0 Å². The molecular weight excluding hydrogens is 312 g/mol. The Balaban J connectivity index is 2.29. The van der Waals surface area contributed by atoms with Crippen molar-refractivity contribution in [3.63, 3.8) is 0 Å². The molecule has 142 valence electrons. The normalized spacial score (nSPS) is 11.8. The molecule has 5 heteroatoms. The number of hydrogen-bond donors (Lipinski definition) is 2. The van der Waals surface area contributed by atoms with Crippen molar-refractivity contribution in [3.05, 3.63) is 35.4 Å². The van der Waals surface area contributed by atoms with Crippen LogP contribution in [0.5, 0.6) is 0 Å². The number of guanidine groups is 1. The highest BCUT2D eigenvalue weighted by molar-refractivity contribution is 5.79. The van der Waals surface area contributed by atoms with Crippen LogP contribution >= 0.6 is 0 Å². The van der Waals surface area contributed by atoms with Gasteiger partial charge in [-0.3, -0.25) is 4.99 Å². The molecule has 2 N–H and O–H groups in total. The third kappa shape index (κ3) is 10.1. The Morgan fingerprint density at radius 2 is 1.88 bits per heavy atom. The molecule has 1 rings (SSSR count). The van der Waals surface area contributed by atoms with E-state index in [-0.39, 0.29) is 0 Å². The van der Waals surface area contributed by atoms with Gasteiger partial charge in [0, 0.05) is 39.9 Å². The summed E-state index contributed by atoms with van der Waals surface area (Å²) < 4.78 is 5.57. The van der Waals surface area contributed by atoms with E-state index < -0.39 is 0 Å². The minimum Gasteiger partial charge on any atom is -0.381 e. The predicted octanol–water partition coefficient (Wildman–Crippen LogP) is 3.01. The summed E-state index contributed by atoms with van der Waals surface area (Å²) in [7, 11) is 3.95. The number of ether oxygens (including phenoxy) is 1. The molecule has 0 saturated heterocycles. The van der Waals surface area contributed by atoms with Gasteiger partial charge in [-0.1, -0.05) is 44.5 Å². The summed E-state index contributed by atoms with van der Waals surface area (Å²) >= 11 is 0. The van der Waals surface area contributed by atoms with Crippen molar-refractivity contribution in [2.24, 2.45) is 4.99 Å². The minimum atomic E-state index is 0.774. The molecule has 1 aromatic carbocycles. The SMILES string of the molecule is CCCCOCCCNC(=NC)NCc1cccc(CN(C)CC)c1. The average Bonchev–Trinajstić information content (AvgIpc) is 2.63. The Bertz CT molecular complexity index is 490. The van der Waals surface area contributed by atoms with Crippen molar-refractivity contribution in [1.82, 2.24) is 15.5 Å². The van der Waals surface area contributed by atoms with Gasteiger partial charge in [-0.15, -0.1) is 0 Å². The van der Waals surface area contributed by atoms with Crippen LogP contribution in [0.25, 0.3) is 0 Å². The van der Waals surface area contributed by atoms with Gasteiger partial charge in [-0.05, 0) is 37.6 Å². The lowest BCUT2D eigenvalue weighted by atomic mass is 10.1. The molecule has 0 radical (unpaired) electrons. The van der Waals surface area contributed by atoms with Gasteiger partial charge in [0.25, 0.3) is 0 Å². The van der Waals surface area contributed by atoms with Crippen LogP contribution < -0.4 is 10.6 Å². The lowest BCUT2D eigenvalue weighted by molar-refractivity contribution is 0.129. The maximum atomic E-state index is 5.57. The summed E-state index contributed by atoms with van der Waals surface area (Å²) in [4.78, 5) is 6.58. The van der Waals surface area contributed by atoms with E-state index in [0.717, 1.165) is 58.2 Å². The molecule has 0 unspecified atom stereocenters. The number of nitrogens with one attached hydrogen (secondary N) is 2. The van der Waals surface area contributed by atoms with Crippen LogP contribution in [0.1, 0.15) is 44.2 Å². The number of hydrogen-bond acceptors (Lipinski definition) is 3. The van der Waals surface area contributed by atoms with Crippen LogP contribution in [0, 0.1) is 0 Å². The van der Waals surface area contributed by atoms with E-state index in [1.807, 2.05) is 0 Å². The molecule has 0 aliphatic rings. The fourth-order valence-corrected chi connectivity index (χ4v) is 2.40. The molecule has 0 fully saturated rings. The van der Waals surface area contributed by atoms with Gasteiger partial charge in [0.05, 0.1) is 0 Å². The number of unbranched alkanes of at least 4 members (excludes halogenated alkanes) is 1. The Morgan fingerprint density at radius 3 is 2.60 bits per heavy atom. The predicted molar refractivity (Wildman–Crippen MR) is 107 cm³/mol. The van der Waals surface area contributed by atoms with Crippen molar-refractivity contribution < 1.29 is 4.74 Å². The topological polar surface area (TPSA) is 48.9 Å². The van der Waals surface area contributed by atoms with Crippen molar-refractivity contribution >= 4 is 5.96 Å². The van der Waals surface area contributed by atoms with E-state index in [1.54, 1.807) is 7.05 Å². The molecule has 0 aliphatic carbocycles. The molecule has 0 spiro atoms. The van der Waals surface area contributed by atoms with Crippen LogP contribution in [0.2, 0.25) is 0 Å². The Hall–Kier alpha value is -1.59. The standard InChI is InChI=1S/C20H36N4O/c1-5-7-13-25-14-9-12-22-20(21-3)23-16-18-10-8-11-19(15-18)17-24(4)6-2/h8,10-11,15H,5-7,9,12-14,16-17H2,1-4H3,(H2,21,22,23). The summed E-state index contributed by atoms with van der Waals surface area (Å²) in [6.07, 6.45) is 3.32. The molecule has 25 heavy (non-hydrogen) atoms. The lowest BCUT2D eigenvalue weighted by Gasteiger charge is -2.15. The summed E-state index contributed by atoms with van der Waals surface area (Å²) in [5.74, 6) is 0.838. The maximum absolute atomic E-state index is 5.57. The van der Waals surface area contributed by atoms with Gasteiger partial charge in [0.1, 0.15) is 0 Å². The summed E-state index contributed by atoms with van der Waals surface area (Å²) in [6, 6.07) is 8.71. The van der Waals surface area contributed by atoms with Crippen LogP contribution in [-0.2, 0) is 17.8 Å². The Labute approximate surface area is 153 Å². The Morgan fingerprint density at radius 1 is 1.12 bits per heavy atom. The first kappa shape index (κ1) is 21.5. The lowest BCUT2D eigenvalue weighted by Crippen LogP contribution is -2.37. The highest BCUT2D eigenvalue weighted by Gasteiger charge is 2.01. The zero-order chi connectivity index (χ0) is 18.3. The summed E-state index contributed by atoms with van der Waals surface area (Å²) in [6.45, 7) is 9.71. The van der Waals surface area contributed by atoms with Gasteiger partial charge >= 0.3 is 0 Å². The molecule has 1 aromatic rings. The second-order valence-corrected chi connectivity index (χ2v) is 6.32. The first-order chi connectivity index (χ1) is 12.2. The zero-order valence-electron chi connectivity index (χ0n) is 16.5. The summed E-state index contributed by atoms with van der Waals surface area (Å²) in [5.41, 5.74) is 2.61. The van der Waals surface area contributed by atoms with Gasteiger partial charge in [0.15, 0.2) is 5.96 Å². The molecule has 0 saturated carbocycles. The molecule has 0 atom stereocenters. The van der Waals surface area contributed by atoms with Gasteiger partial charge < -0.3 is 20.3 Å². The molecule has 0 aromatic heterocycles. The van der Waals surface area contributed by atoms with Crippen LogP contribution in [-0.4, -0.2) is 51.3 Å². The molecule has 0 aliphatic heterocycles. The van der Waals surface area contributed by atoms with Gasteiger partial charge in [-0.25, -0.2) is 0 Å². The number of nitrogens with zero attached hydrogens (tertiary/aromatic N) is 2. The van der Waals surface area contributed by atoms with Crippen molar-refractivity contribution in [2.45, 2.75) is 46.2 Å². The van der Waals surface area contributed by atoms with E-state index in [0.29, 0.717) is 0 Å². The van der Waals surface area contributed by atoms with E-state index in [1.165, 1.54) is 17.5 Å². The third-order valence-electron chi connectivity index (χ3n) is 4.07. The number of benzene rings is 1. The molecule has 5 nitrogen and oxygen atoms in total. The monoisotopic (exact) mass is 348 g/mol. The first-order valence-electron chi connectivity index (χ1n) is 9.48. The van der Waals surface area contributed by atoms with Crippen LogP contribution in [0.3, 0.4) is 0 Å². The highest BCUT2D eigenvalue weighted by Crippen LogP contribution is 2.07. The second-order valence-electron chi connectivity index (χ2n) is 6.32. The average molecular weight is 349 g/mol. The minimum absolute atomic E-state index is 0.774. The van der Waals surface area contributed by atoms with E-state index >= 15 is 0 Å². The van der Waals surface area contributed by atoms with E-state index in [2.05, 4.69) is 65.7 Å². The fraction of sp³-hybridized carbons (Fsp3) is 0.650. The van der Waals surface area contributed by atoms with Crippen LogP contribution in [0.15, 0.2) is 29.3 Å². The molecule has 0 heterocycles. The first-order valence-corrected chi connectivity index (χ1v) is 9.48. The fourth-order valence-electron chi connectivity index (χ4n) is 2.40. The number of aliphatic imine (C=N–C) groups is 1. The quantitative estimate of drug-likeness (QED) is 0.346. The zero-order valence-corrected chi connectivity index (χ0v) is 16.5. The molecular formula is C20H36N4O. The summed E-state index contributed by atoms with van der Waals surface area (Å²) in [5, 5.41) is 6.71. The Kier molecular flexibility index (Phi) is 11.7. The molecule has 0 bridgehead atoms. The van der Waals surface area contributed by atoms with Crippen molar-refractivity contribution in [3.8, 4) is 0 Å². The smallest absolute Gasteiger partial charge is 0.191 e. The molecule has 0 amide bonds. The van der Waals surface area contributed by atoms with E-state index in [4.69, 9.17) is 4.74 Å². The van der Waals surface area contributed by atoms with Crippen molar-refractivity contribution in [1.29, 1.82) is 0 Å². The second kappa shape index (κ2) is 13.7. The largest absolute Gasteiger partial charge is 0.381 e. The van der Waals surface area contributed by atoms with Crippen LogP contribution in [0.4, 0.5) is 0 Å². The van der Waals surface area contributed by atoms with Crippen molar-refractivity contribution in [2.75, 3.05) is 40.4 Å². The number of rotatable bonds is 12. The third-order valence-corrected chi connectivity index (χ3v) is 4.07. The van der Waals surface area contributed by atoms with E-state index in [9.17, 15) is 0 Å². The van der Waals surface area contributed by atoms with Gasteiger partial charge in [-0.2, -0.15) is 0 Å². The maximum Gasteiger partial charge on any atom is 0.191 e.